The molecule has 2 rings (SSSR count). The molecule has 4 nitrogen and oxygen atoms in total. The minimum absolute atomic E-state index is 0.210. The second-order valence-electron chi connectivity index (χ2n) is 7.10. The van der Waals surface area contributed by atoms with Crippen molar-refractivity contribution in [2.45, 2.75) is 46.0 Å². The van der Waals surface area contributed by atoms with Gasteiger partial charge in [-0.05, 0) is 32.0 Å². The summed E-state index contributed by atoms with van der Waals surface area (Å²) in [5.74, 6) is 1.47. The van der Waals surface area contributed by atoms with Crippen LogP contribution in [0.3, 0.4) is 0 Å². The Hall–Kier alpha value is -1.72. The summed E-state index contributed by atoms with van der Waals surface area (Å²) in [5.41, 5.74) is 1.18. The first-order valence-electron chi connectivity index (χ1n) is 7.99. The molecule has 0 aliphatic carbocycles. The zero-order valence-corrected chi connectivity index (χ0v) is 15.5. The summed E-state index contributed by atoms with van der Waals surface area (Å²) in [7, 11) is -1.76. The number of rotatable bonds is 7. The molecule has 0 aliphatic rings. The first kappa shape index (κ1) is 17.6. The highest BCUT2D eigenvalue weighted by Crippen LogP contribution is 2.32. The number of aromatic nitrogens is 1. The molecule has 23 heavy (non-hydrogen) atoms. The predicted molar refractivity (Wildman–Crippen MR) is 94.0 cm³/mol. The molecule has 0 amide bonds. The first-order chi connectivity index (χ1) is 10.8. The molecule has 0 spiro atoms. The highest BCUT2D eigenvalue weighted by Gasteiger charge is 2.28. The van der Waals surface area contributed by atoms with Gasteiger partial charge in [0.2, 0.25) is 5.89 Å². The molecule has 0 saturated heterocycles. The summed E-state index contributed by atoms with van der Waals surface area (Å²) in [6.45, 7) is 10.7. The molecule has 0 radical (unpaired) electrons. The molecular weight excluding hydrogens is 306 g/mol. The molecule has 0 fully saturated rings. The van der Waals surface area contributed by atoms with Crippen molar-refractivity contribution in [3.05, 3.63) is 41.9 Å². The van der Waals surface area contributed by atoms with Crippen molar-refractivity contribution in [1.82, 2.24) is 4.98 Å². The Morgan fingerprint density at radius 2 is 1.87 bits per heavy atom. The van der Waals surface area contributed by atoms with Gasteiger partial charge in [-0.3, -0.25) is 4.79 Å². The molecule has 5 heteroatoms. The zero-order valence-electron chi connectivity index (χ0n) is 14.5. The number of carbonyl (C=O) groups excluding carboxylic acids is 1. The summed E-state index contributed by atoms with van der Waals surface area (Å²) in [4.78, 5) is 15.8. The lowest BCUT2D eigenvalue weighted by Crippen LogP contribution is -2.28. The molecule has 0 saturated carbocycles. The van der Waals surface area contributed by atoms with Crippen molar-refractivity contribution in [2.24, 2.45) is 5.92 Å². The highest BCUT2D eigenvalue weighted by atomic mass is 28.4. The van der Waals surface area contributed by atoms with Gasteiger partial charge in [-0.25, -0.2) is 4.98 Å². The van der Waals surface area contributed by atoms with Crippen LogP contribution in [0.4, 0.5) is 0 Å². The summed E-state index contributed by atoms with van der Waals surface area (Å²) in [6.07, 6.45) is 1.35. The van der Waals surface area contributed by atoms with E-state index in [0.717, 1.165) is 18.3 Å². The summed E-state index contributed by atoms with van der Waals surface area (Å²) < 4.78 is 12.2. The van der Waals surface area contributed by atoms with E-state index in [4.69, 9.17) is 8.84 Å². The zero-order chi connectivity index (χ0) is 17.0. The Bertz CT molecular complexity index is 644. The molecule has 0 aliphatic heterocycles. The van der Waals surface area contributed by atoms with E-state index in [9.17, 15) is 4.79 Å². The number of hydrogen-bond acceptors (Lipinski definition) is 4. The fourth-order valence-corrected chi connectivity index (χ4v) is 3.47. The van der Waals surface area contributed by atoms with E-state index >= 15 is 0 Å². The van der Waals surface area contributed by atoms with Crippen molar-refractivity contribution >= 4 is 14.6 Å². The lowest BCUT2D eigenvalue weighted by molar-refractivity contribution is 0.111. The van der Waals surface area contributed by atoms with Gasteiger partial charge < -0.3 is 8.84 Å². The first-order valence-corrected chi connectivity index (χ1v) is 11.4. The van der Waals surface area contributed by atoms with E-state index in [-0.39, 0.29) is 6.10 Å². The van der Waals surface area contributed by atoms with Crippen LogP contribution in [-0.2, 0) is 4.43 Å². The minimum Gasteiger partial charge on any atom is -0.437 e. The Balaban J connectivity index is 2.40. The van der Waals surface area contributed by atoms with Gasteiger partial charge in [-0.15, -0.1) is 0 Å². The SMILES string of the molecule is CC(C)CC(O[Si](C)(C)C)c1nc(C=O)c(-c2ccccc2)o1. The van der Waals surface area contributed by atoms with Crippen LogP contribution in [0.2, 0.25) is 19.6 Å². The number of oxazole rings is 1. The van der Waals surface area contributed by atoms with Crippen molar-refractivity contribution in [2.75, 3.05) is 0 Å². The topological polar surface area (TPSA) is 52.3 Å². The van der Waals surface area contributed by atoms with Crippen molar-refractivity contribution in [3.63, 3.8) is 0 Å². The Morgan fingerprint density at radius 1 is 1.22 bits per heavy atom. The van der Waals surface area contributed by atoms with Crippen molar-refractivity contribution < 1.29 is 13.6 Å². The van der Waals surface area contributed by atoms with Crippen LogP contribution in [0.25, 0.3) is 11.3 Å². The van der Waals surface area contributed by atoms with Gasteiger partial charge in [0, 0.05) is 5.56 Å². The van der Waals surface area contributed by atoms with Crippen LogP contribution in [0.15, 0.2) is 34.7 Å². The Kier molecular flexibility index (Phi) is 5.54. The van der Waals surface area contributed by atoms with Crippen LogP contribution in [0.1, 0.15) is 42.8 Å². The number of benzene rings is 1. The monoisotopic (exact) mass is 331 g/mol. The molecular formula is C18H25NO3Si. The van der Waals surface area contributed by atoms with Gasteiger partial charge in [0.15, 0.2) is 20.4 Å². The quantitative estimate of drug-likeness (QED) is 0.523. The molecule has 1 heterocycles. The van der Waals surface area contributed by atoms with Gasteiger partial charge in [0.25, 0.3) is 0 Å². The maximum atomic E-state index is 11.4. The average Bonchev–Trinajstić information content (AvgIpc) is 2.90. The van der Waals surface area contributed by atoms with Gasteiger partial charge >= 0.3 is 0 Å². The lowest BCUT2D eigenvalue weighted by Gasteiger charge is -2.25. The van der Waals surface area contributed by atoms with Gasteiger partial charge in [0.05, 0.1) is 0 Å². The molecule has 1 unspecified atom stereocenters. The highest BCUT2D eigenvalue weighted by molar-refractivity contribution is 6.69. The molecule has 0 bridgehead atoms. The molecule has 0 N–H and O–H groups in total. The minimum atomic E-state index is -1.76. The van der Waals surface area contributed by atoms with Gasteiger partial charge in [-0.2, -0.15) is 0 Å². The van der Waals surface area contributed by atoms with Crippen LogP contribution < -0.4 is 0 Å². The molecule has 1 aromatic carbocycles. The van der Waals surface area contributed by atoms with Crippen LogP contribution in [0.5, 0.6) is 0 Å². The maximum Gasteiger partial charge on any atom is 0.223 e. The van der Waals surface area contributed by atoms with E-state index in [2.05, 4.69) is 38.5 Å². The smallest absolute Gasteiger partial charge is 0.223 e. The second kappa shape index (κ2) is 7.23. The average molecular weight is 331 g/mol. The number of hydrogen-bond donors (Lipinski definition) is 0. The third kappa shape index (κ3) is 4.87. The third-order valence-corrected chi connectivity index (χ3v) is 4.27. The predicted octanol–water partition coefficient (Wildman–Crippen LogP) is 5.09. The summed E-state index contributed by atoms with van der Waals surface area (Å²) in [6, 6.07) is 9.58. The fraction of sp³-hybridized carbons (Fsp3) is 0.444. The molecule has 124 valence electrons. The normalized spacial score (nSPS) is 13.3. The Labute approximate surface area is 139 Å². The second-order valence-corrected chi connectivity index (χ2v) is 11.6. The van der Waals surface area contributed by atoms with E-state index in [0.29, 0.717) is 23.3 Å². The Morgan fingerprint density at radius 3 is 2.39 bits per heavy atom. The fourth-order valence-electron chi connectivity index (χ4n) is 2.42. The van der Waals surface area contributed by atoms with Crippen LogP contribution >= 0.6 is 0 Å². The number of aldehydes is 1. The maximum absolute atomic E-state index is 11.4. The number of carbonyl (C=O) groups is 1. The molecule has 1 aromatic heterocycles. The standard InChI is InChI=1S/C18H25NO3Si/c1-13(2)11-16(22-23(3,4)5)18-19-15(12-20)17(21-18)14-9-7-6-8-10-14/h6-10,12-13,16H,11H2,1-5H3. The van der Waals surface area contributed by atoms with Crippen LogP contribution in [-0.4, -0.2) is 19.6 Å². The number of nitrogens with zero attached hydrogens (tertiary/aromatic N) is 1. The molecule has 2 aromatic rings. The van der Waals surface area contributed by atoms with Crippen molar-refractivity contribution in [1.29, 1.82) is 0 Å². The largest absolute Gasteiger partial charge is 0.437 e. The van der Waals surface area contributed by atoms with E-state index in [1.165, 1.54) is 0 Å². The van der Waals surface area contributed by atoms with Gasteiger partial charge in [0.1, 0.15) is 11.8 Å². The third-order valence-electron chi connectivity index (χ3n) is 3.27. The van der Waals surface area contributed by atoms with E-state index in [1.807, 2.05) is 30.3 Å². The van der Waals surface area contributed by atoms with Crippen LogP contribution in [0, 0.1) is 5.92 Å². The van der Waals surface area contributed by atoms with E-state index in [1.54, 1.807) is 0 Å². The summed E-state index contributed by atoms with van der Waals surface area (Å²) in [5, 5.41) is 0. The van der Waals surface area contributed by atoms with E-state index < -0.39 is 8.32 Å². The van der Waals surface area contributed by atoms with Crippen molar-refractivity contribution in [3.8, 4) is 11.3 Å². The molecule has 1 atom stereocenters. The van der Waals surface area contributed by atoms with Gasteiger partial charge in [-0.1, -0.05) is 44.2 Å². The summed E-state index contributed by atoms with van der Waals surface area (Å²) >= 11 is 0. The lowest BCUT2D eigenvalue weighted by atomic mass is 10.1.